The summed E-state index contributed by atoms with van der Waals surface area (Å²) in [5.41, 5.74) is 1.08. The molecule has 1 aromatic rings. The molecule has 24 heavy (non-hydrogen) atoms. The summed E-state index contributed by atoms with van der Waals surface area (Å²) < 4.78 is 11.3. The van der Waals surface area contributed by atoms with Crippen LogP contribution in [-0.4, -0.2) is 50.3 Å². The number of ether oxygens (including phenoxy) is 2. The third-order valence-corrected chi connectivity index (χ3v) is 5.02. The van der Waals surface area contributed by atoms with Crippen molar-refractivity contribution >= 4 is 5.91 Å². The average molecular weight is 332 g/mol. The van der Waals surface area contributed by atoms with Crippen LogP contribution in [0.25, 0.3) is 0 Å². The van der Waals surface area contributed by atoms with E-state index >= 15 is 0 Å². The van der Waals surface area contributed by atoms with Gasteiger partial charge in [0, 0.05) is 38.2 Å². The van der Waals surface area contributed by atoms with Crippen molar-refractivity contribution in [2.75, 3.05) is 33.4 Å². The lowest BCUT2D eigenvalue weighted by molar-refractivity contribution is -0.135. The molecule has 0 bridgehead atoms. The molecule has 1 aromatic carbocycles. The minimum atomic E-state index is 0.0367. The highest BCUT2D eigenvalue weighted by molar-refractivity contribution is 5.77. The number of benzene rings is 1. The van der Waals surface area contributed by atoms with Crippen LogP contribution in [0, 0.1) is 0 Å². The minimum Gasteiger partial charge on any atom is -0.496 e. The molecule has 2 fully saturated rings. The van der Waals surface area contributed by atoms with Gasteiger partial charge in [0.25, 0.3) is 0 Å². The van der Waals surface area contributed by atoms with Gasteiger partial charge in [0.15, 0.2) is 0 Å². The Balaban J connectivity index is 1.66. The van der Waals surface area contributed by atoms with E-state index in [9.17, 15) is 4.79 Å². The van der Waals surface area contributed by atoms with Crippen molar-refractivity contribution in [3.63, 3.8) is 0 Å². The summed E-state index contributed by atoms with van der Waals surface area (Å²) in [4.78, 5) is 14.8. The second-order valence-electron chi connectivity index (χ2n) is 6.58. The van der Waals surface area contributed by atoms with Gasteiger partial charge < -0.3 is 19.7 Å². The first-order valence-electron chi connectivity index (χ1n) is 9.04. The van der Waals surface area contributed by atoms with Gasteiger partial charge in [0.1, 0.15) is 5.75 Å². The molecule has 5 nitrogen and oxygen atoms in total. The fourth-order valence-corrected chi connectivity index (χ4v) is 3.69. The first-order chi connectivity index (χ1) is 11.8. The number of para-hydroxylation sites is 1. The number of nitrogens with zero attached hydrogens (tertiary/aromatic N) is 1. The van der Waals surface area contributed by atoms with Gasteiger partial charge in [0.2, 0.25) is 5.91 Å². The van der Waals surface area contributed by atoms with Gasteiger partial charge in [-0.05, 0) is 31.7 Å². The third-order valence-electron chi connectivity index (χ3n) is 5.02. The van der Waals surface area contributed by atoms with E-state index in [0.29, 0.717) is 6.42 Å². The molecule has 2 saturated heterocycles. The Hall–Kier alpha value is -1.59. The summed E-state index contributed by atoms with van der Waals surface area (Å²) in [6, 6.07) is 8.02. The summed E-state index contributed by atoms with van der Waals surface area (Å²) in [5, 5.41) is 3.40. The topological polar surface area (TPSA) is 50.8 Å². The standard InChI is InChI=1S/C19H28N2O3/c1-23-18-8-3-2-7-16(18)17-14-20-11-12-21(17)19(22)10-9-15-6-4-5-13-24-15/h2-3,7-8,15,17,20H,4-6,9-14H2,1H3. The normalized spacial score (nSPS) is 24.6. The van der Waals surface area contributed by atoms with E-state index in [0.717, 1.165) is 56.8 Å². The lowest BCUT2D eigenvalue weighted by Gasteiger charge is -2.37. The molecule has 0 aliphatic carbocycles. The highest BCUT2D eigenvalue weighted by Gasteiger charge is 2.30. The first kappa shape index (κ1) is 17.2. The van der Waals surface area contributed by atoms with Crippen LogP contribution in [0.3, 0.4) is 0 Å². The molecule has 1 N–H and O–H groups in total. The number of carbonyl (C=O) groups excluding carboxylic acids is 1. The molecule has 3 rings (SSSR count). The fraction of sp³-hybridized carbons (Fsp3) is 0.632. The Bertz CT molecular complexity index is 543. The number of hydrogen-bond acceptors (Lipinski definition) is 4. The first-order valence-corrected chi connectivity index (χ1v) is 9.04. The summed E-state index contributed by atoms with van der Waals surface area (Å²) in [7, 11) is 1.68. The highest BCUT2D eigenvalue weighted by atomic mass is 16.5. The van der Waals surface area contributed by atoms with Crippen molar-refractivity contribution < 1.29 is 14.3 Å². The molecule has 0 saturated carbocycles. The van der Waals surface area contributed by atoms with Crippen LogP contribution in [-0.2, 0) is 9.53 Å². The fourth-order valence-electron chi connectivity index (χ4n) is 3.69. The van der Waals surface area contributed by atoms with Gasteiger partial charge in [-0.15, -0.1) is 0 Å². The monoisotopic (exact) mass is 332 g/mol. The Labute approximate surface area is 144 Å². The Kier molecular flexibility index (Phi) is 6.10. The molecule has 1 amide bonds. The second-order valence-corrected chi connectivity index (χ2v) is 6.58. The molecule has 0 spiro atoms. The molecule has 5 heteroatoms. The van der Waals surface area contributed by atoms with Crippen LogP contribution in [0.15, 0.2) is 24.3 Å². The summed E-state index contributed by atoms with van der Waals surface area (Å²) >= 11 is 0. The number of hydrogen-bond donors (Lipinski definition) is 1. The Morgan fingerprint density at radius 1 is 1.38 bits per heavy atom. The van der Waals surface area contributed by atoms with E-state index in [1.54, 1.807) is 7.11 Å². The average Bonchev–Trinajstić information content (AvgIpc) is 2.67. The van der Waals surface area contributed by atoms with Crippen LogP contribution in [0.1, 0.15) is 43.7 Å². The number of carbonyl (C=O) groups is 1. The number of nitrogens with one attached hydrogen (secondary N) is 1. The van der Waals surface area contributed by atoms with Gasteiger partial charge in [-0.25, -0.2) is 0 Å². The molecule has 2 aliphatic rings. The van der Waals surface area contributed by atoms with Crippen molar-refractivity contribution in [1.82, 2.24) is 10.2 Å². The largest absolute Gasteiger partial charge is 0.496 e. The van der Waals surface area contributed by atoms with Gasteiger partial charge in [-0.3, -0.25) is 4.79 Å². The van der Waals surface area contributed by atoms with Gasteiger partial charge in [-0.1, -0.05) is 18.2 Å². The van der Waals surface area contributed by atoms with E-state index in [4.69, 9.17) is 9.47 Å². The molecule has 132 valence electrons. The van der Waals surface area contributed by atoms with E-state index in [-0.39, 0.29) is 18.1 Å². The number of rotatable bonds is 5. The Morgan fingerprint density at radius 2 is 2.25 bits per heavy atom. The maximum atomic E-state index is 12.8. The predicted octanol–water partition coefficient (Wildman–Crippen LogP) is 2.52. The quantitative estimate of drug-likeness (QED) is 0.900. The van der Waals surface area contributed by atoms with Crippen molar-refractivity contribution in [2.45, 2.75) is 44.2 Å². The van der Waals surface area contributed by atoms with Gasteiger partial charge >= 0.3 is 0 Å². The molecule has 2 atom stereocenters. The van der Waals surface area contributed by atoms with Crippen LogP contribution in [0.5, 0.6) is 5.75 Å². The zero-order valence-corrected chi connectivity index (χ0v) is 14.5. The lowest BCUT2D eigenvalue weighted by atomic mass is 10.00. The molecular weight excluding hydrogens is 304 g/mol. The van der Waals surface area contributed by atoms with Crippen LogP contribution >= 0.6 is 0 Å². The van der Waals surface area contributed by atoms with E-state index in [2.05, 4.69) is 11.4 Å². The maximum absolute atomic E-state index is 12.8. The molecule has 2 unspecified atom stereocenters. The third kappa shape index (κ3) is 4.08. The SMILES string of the molecule is COc1ccccc1C1CNCCN1C(=O)CCC1CCCCO1. The smallest absolute Gasteiger partial charge is 0.223 e. The van der Waals surface area contributed by atoms with Crippen molar-refractivity contribution in [3.05, 3.63) is 29.8 Å². The summed E-state index contributed by atoms with van der Waals surface area (Å²) in [6.07, 6.45) is 5.12. The summed E-state index contributed by atoms with van der Waals surface area (Å²) in [5.74, 6) is 1.07. The summed E-state index contributed by atoms with van der Waals surface area (Å²) in [6.45, 7) is 3.20. The maximum Gasteiger partial charge on any atom is 0.223 e. The minimum absolute atomic E-state index is 0.0367. The van der Waals surface area contributed by atoms with Crippen LogP contribution in [0.4, 0.5) is 0 Å². The molecule has 0 radical (unpaired) electrons. The Morgan fingerprint density at radius 3 is 3.04 bits per heavy atom. The lowest BCUT2D eigenvalue weighted by Crippen LogP contribution is -2.48. The second kappa shape index (κ2) is 8.49. The van der Waals surface area contributed by atoms with E-state index in [1.807, 2.05) is 23.1 Å². The zero-order chi connectivity index (χ0) is 16.8. The van der Waals surface area contributed by atoms with Gasteiger partial charge in [0.05, 0.1) is 19.3 Å². The van der Waals surface area contributed by atoms with Crippen molar-refractivity contribution in [3.8, 4) is 5.75 Å². The van der Waals surface area contributed by atoms with Crippen LogP contribution in [0.2, 0.25) is 0 Å². The highest BCUT2D eigenvalue weighted by Crippen LogP contribution is 2.31. The van der Waals surface area contributed by atoms with E-state index < -0.39 is 0 Å². The molecule has 0 aromatic heterocycles. The molecule has 2 heterocycles. The molecular formula is C19H28N2O3. The number of methoxy groups -OCH3 is 1. The number of piperazine rings is 1. The zero-order valence-electron chi connectivity index (χ0n) is 14.5. The predicted molar refractivity (Wildman–Crippen MR) is 93.1 cm³/mol. The van der Waals surface area contributed by atoms with Gasteiger partial charge in [-0.2, -0.15) is 0 Å². The molecule has 2 aliphatic heterocycles. The van der Waals surface area contributed by atoms with Crippen molar-refractivity contribution in [2.24, 2.45) is 0 Å². The number of amides is 1. The van der Waals surface area contributed by atoms with E-state index in [1.165, 1.54) is 6.42 Å². The van der Waals surface area contributed by atoms with Crippen molar-refractivity contribution in [1.29, 1.82) is 0 Å². The van der Waals surface area contributed by atoms with Crippen LogP contribution < -0.4 is 10.1 Å².